The second kappa shape index (κ2) is 5.64. The molecule has 0 unspecified atom stereocenters. The van der Waals surface area contributed by atoms with Crippen LogP contribution in [0.15, 0.2) is 12.4 Å². The lowest BCUT2D eigenvalue weighted by Gasteiger charge is -2.26. The Bertz CT molecular complexity index is 690. The Balaban J connectivity index is 1.59. The molecule has 114 valence electrons. The van der Waals surface area contributed by atoms with Gasteiger partial charge in [-0.2, -0.15) is 0 Å². The number of anilines is 1. The van der Waals surface area contributed by atoms with Gasteiger partial charge in [0.25, 0.3) is 5.91 Å². The molecule has 1 fully saturated rings. The highest BCUT2D eigenvalue weighted by molar-refractivity contribution is 7.17. The van der Waals surface area contributed by atoms with Crippen LogP contribution in [0.5, 0.6) is 0 Å². The summed E-state index contributed by atoms with van der Waals surface area (Å²) in [5.74, 6) is 0.776. The van der Waals surface area contributed by atoms with Gasteiger partial charge in [-0.25, -0.2) is 15.0 Å². The number of carbonyl (C=O) groups is 1. The first-order chi connectivity index (χ1) is 10.8. The molecule has 1 amide bonds. The van der Waals surface area contributed by atoms with Crippen LogP contribution in [0.1, 0.15) is 34.6 Å². The van der Waals surface area contributed by atoms with Crippen molar-refractivity contribution in [3.8, 4) is 10.6 Å². The van der Waals surface area contributed by atoms with Crippen molar-refractivity contribution in [2.24, 2.45) is 0 Å². The Kier molecular flexibility index (Phi) is 3.49. The maximum atomic E-state index is 11.8. The van der Waals surface area contributed by atoms with Crippen LogP contribution >= 0.6 is 11.3 Å². The molecule has 2 aliphatic heterocycles. The van der Waals surface area contributed by atoms with E-state index < -0.39 is 0 Å². The molecule has 6 nitrogen and oxygen atoms in total. The van der Waals surface area contributed by atoms with E-state index in [0.717, 1.165) is 46.6 Å². The van der Waals surface area contributed by atoms with E-state index in [1.54, 1.807) is 0 Å². The molecule has 1 N–H and O–H groups in total. The zero-order valence-electron chi connectivity index (χ0n) is 12.2. The summed E-state index contributed by atoms with van der Waals surface area (Å²) in [6.45, 7) is 2.73. The van der Waals surface area contributed by atoms with Gasteiger partial charge in [0.05, 0.1) is 5.69 Å². The van der Waals surface area contributed by atoms with Crippen molar-refractivity contribution < 1.29 is 4.79 Å². The highest BCUT2D eigenvalue weighted by Gasteiger charge is 2.22. The van der Waals surface area contributed by atoms with Gasteiger partial charge in [-0.05, 0) is 19.3 Å². The van der Waals surface area contributed by atoms with E-state index >= 15 is 0 Å². The molecular formula is C15H17N5OS. The predicted octanol–water partition coefficient (Wildman–Crippen LogP) is 1.88. The summed E-state index contributed by atoms with van der Waals surface area (Å²) in [6, 6.07) is 0. The molecule has 2 aromatic rings. The Hall–Kier alpha value is -2.02. The molecule has 2 aliphatic rings. The van der Waals surface area contributed by atoms with Crippen LogP contribution in [0.25, 0.3) is 10.6 Å². The molecule has 22 heavy (non-hydrogen) atoms. The van der Waals surface area contributed by atoms with Gasteiger partial charge in [-0.1, -0.05) is 0 Å². The average Bonchev–Trinajstić information content (AvgIpc) is 3.02. The Labute approximate surface area is 132 Å². The maximum Gasteiger partial charge on any atom is 0.263 e. The van der Waals surface area contributed by atoms with Crippen LogP contribution in [0.4, 0.5) is 5.95 Å². The molecule has 0 aliphatic carbocycles. The molecule has 0 bridgehead atoms. The van der Waals surface area contributed by atoms with E-state index in [2.05, 4.69) is 25.2 Å². The minimum absolute atomic E-state index is 0.0177. The number of amides is 1. The minimum atomic E-state index is -0.0177. The van der Waals surface area contributed by atoms with Crippen molar-refractivity contribution in [2.45, 2.75) is 25.7 Å². The zero-order valence-corrected chi connectivity index (χ0v) is 13.0. The number of fused-ring (bicyclic) bond motifs is 1. The van der Waals surface area contributed by atoms with Crippen molar-refractivity contribution in [3.05, 3.63) is 23.0 Å². The fourth-order valence-electron chi connectivity index (χ4n) is 2.89. The van der Waals surface area contributed by atoms with E-state index in [1.807, 2.05) is 12.4 Å². The molecule has 1 saturated heterocycles. The predicted molar refractivity (Wildman–Crippen MR) is 85.2 cm³/mol. The number of aromatic nitrogens is 3. The van der Waals surface area contributed by atoms with E-state index in [-0.39, 0.29) is 5.91 Å². The number of thiazole rings is 1. The van der Waals surface area contributed by atoms with Gasteiger partial charge in [0.15, 0.2) is 0 Å². The number of hydrogen-bond donors (Lipinski definition) is 1. The second-order valence-electron chi connectivity index (χ2n) is 5.62. The van der Waals surface area contributed by atoms with Gasteiger partial charge < -0.3 is 10.2 Å². The van der Waals surface area contributed by atoms with Gasteiger partial charge in [-0.15, -0.1) is 11.3 Å². The molecule has 0 aromatic carbocycles. The number of carbonyl (C=O) groups excluding carboxylic acids is 1. The first kappa shape index (κ1) is 13.6. The van der Waals surface area contributed by atoms with Crippen molar-refractivity contribution in [1.29, 1.82) is 0 Å². The lowest BCUT2D eigenvalue weighted by Crippen LogP contribution is -2.30. The molecule has 0 saturated carbocycles. The number of hydrogen-bond acceptors (Lipinski definition) is 6. The summed E-state index contributed by atoms with van der Waals surface area (Å²) in [7, 11) is 0. The smallest absolute Gasteiger partial charge is 0.263 e. The number of rotatable bonds is 2. The zero-order chi connectivity index (χ0) is 14.9. The van der Waals surface area contributed by atoms with Crippen LogP contribution < -0.4 is 10.2 Å². The average molecular weight is 315 g/mol. The van der Waals surface area contributed by atoms with E-state index in [1.165, 1.54) is 30.6 Å². The first-order valence-electron chi connectivity index (χ1n) is 7.66. The van der Waals surface area contributed by atoms with E-state index in [4.69, 9.17) is 0 Å². The summed E-state index contributed by atoms with van der Waals surface area (Å²) in [5.41, 5.74) is 1.77. The van der Waals surface area contributed by atoms with Gasteiger partial charge in [-0.3, -0.25) is 4.79 Å². The number of nitrogens with zero attached hydrogens (tertiary/aromatic N) is 4. The summed E-state index contributed by atoms with van der Waals surface area (Å²) in [4.78, 5) is 28.3. The third kappa shape index (κ3) is 2.45. The van der Waals surface area contributed by atoms with Crippen LogP contribution in [0.2, 0.25) is 0 Å². The summed E-state index contributed by atoms with van der Waals surface area (Å²) >= 11 is 1.42. The summed E-state index contributed by atoms with van der Waals surface area (Å²) < 4.78 is 0. The fraction of sp³-hybridized carbons (Fsp3) is 0.467. The Morgan fingerprint density at radius 3 is 2.64 bits per heavy atom. The highest BCUT2D eigenvalue weighted by atomic mass is 32.1. The minimum Gasteiger partial charge on any atom is -0.351 e. The van der Waals surface area contributed by atoms with Crippen LogP contribution in [-0.2, 0) is 6.42 Å². The number of piperidine rings is 1. The monoisotopic (exact) mass is 315 g/mol. The molecule has 2 aromatic heterocycles. The van der Waals surface area contributed by atoms with Gasteiger partial charge in [0, 0.05) is 44.0 Å². The molecule has 7 heteroatoms. The van der Waals surface area contributed by atoms with Gasteiger partial charge >= 0.3 is 0 Å². The Morgan fingerprint density at radius 1 is 1.14 bits per heavy atom. The first-order valence-corrected chi connectivity index (χ1v) is 8.48. The van der Waals surface area contributed by atoms with Crippen molar-refractivity contribution in [3.63, 3.8) is 0 Å². The molecule has 4 rings (SSSR count). The van der Waals surface area contributed by atoms with Crippen LogP contribution in [0.3, 0.4) is 0 Å². The SMILES string of the molecule is O=C1NCCc2nc(-c3cnc(N4CCCCC4)nc3)sc21. The fourth-order valence-corrected chi connectivity index (χ4v) is 3.89. The topological polar surface area (TPSA) is 71.0 Å². The second-order valence-corrected chi connectivity index (χ2v) is 6.62. The molecule has 0 spiro atoms. The molecule has 0 radical (unpaired) electrons. The summed E-state index contributed by atoms with van der Waals surface area (Å²) in [6.07, 6.45) is 8.14. The van der Waals surface area contributed by atoms with Crippen molar-refractivity contribution in [2.75, 3.05) is 24.5 Å². The molecular weight excluding hydrogens is 298 g/mol. The van der Waals surface area contributed by atoms with Crippen LogP contribution in [-0.4, -0.2) is 40.5 Å². The lowest BCUT2D eigenvalue weighted by atomic mass is 10.1. The van der Waals surface area contributed by atoms with Gasteiger partial charge in [0.1, 0.15) is 9.88 Å². The maximum absolute atomic E-state index is 11.8. The lowest BCUT2D eigenvalue weighted by molar-refractivity contribution is 0.0950. The van der Waals surface area contributed by atoms with Crippen molar-refractivity contribution >= 4 is 23.2 Å². The number of nitrogens with one attached hydrogen (secondary N) is 1. The highest BCUT2D eigenvalue weighted by Crippen LogP contribution is 2.29. The quantitative estimate of drug-likeness (QED) is 0.916. The van der Waals surface area contributed by atoms with Crippen LogP contribution in [0, 0.1) is 0 Å². The Morgan fingerprint density at radius 2 is 1.91 bits per heavy atom. The largest absolute Gasteiger partial charge is 0.351 e. The third-order valence-corrected chi connectivity index (χ3v) is 5.22. The third-order valence-electron chi connectivity index (χ3n) is 4.07. The van der Waals surface area contributed by atoms with Gasteiger partial charge in [0.2, 0.25) is 5.95 Å². The van der Waals surface area contributed by atoms with Crippen molar-refractivity contribution in [1.82, 2.24) is 20.3 Å². The van der Waals surface area contributed by atoms with E-state index in [0.29, 0.717) is 6.54 Å². The molecule has 4 heterocycles. The molecule has 0 atom stereocenters. The summed E-state index contributed by atoms with van der Waals surface area (Å²) in [5, 5.41) is 3.67. The normalized spacial score (nSPS) is 18.0. The van der Waals surface area contributed by atoms with E-state index in [9.17, 15) is 4.79 Å². The standard InChI is InChI=1S/C15H17N5OS/c21-13-12-11(4-5-16-13)19-14(22-12)10-8-17-15(18-9-10)20-6-2-1-3-7-20/h8-9H,1-7H2,(H,16,21).